The summed E-state index contributed by atoms with van der Waals surface area (Å²) in [4.78, 5) is 23.9. The fourth-order valence-corrected chi connectivity index (χ4v) is 2.74. The molecule has 7 heteroatoms. The average molecular weight is 422 g/mol. The van der Waals surface area contributed by atoms with Crippen molar-refractivity contribution in [1.82, 2.24) is 10.7 Å². The number of carbonyl (C=O) groups is 2. The molecule has 3 rings (SSSR count). The number of ether oxygens (including phenoxy) is 1. The van der Waals surface area contributed by atoms with E-state index in [1.807, 2.05) is 30.3 Å². The number of nitrogens with one attached hydrogen (secondary N) is 2. The van der Waals surface area contributed by atoms with Crippen molar-refractivity contribution in [2.24, 2.45) is 5.10 Å². The van der Waals surface area contributed by atoms with Gasteiger partial charge in [0.2, 0.25) is 0 Å². The van der Waals surface area contributed by atoms with Gasteiger partial charge in [0.1, 0.15) is 5.75 Å². The van der Waals surface area contributed by atoms with E-state index >= 15 is 0 Å². The number of benzene rings is 3. The third-order valence-corrected chi connectivity index (χ3v) is 4.41. The lowest BCUT2D eigenvalue weighted by Crippen LogP contribution is -2.28. The van der Waals surface area contributed by atoms with Gasteiger partial charge in [-0.25, -0.2) is 5.43 Å². The predicted octanol–water partition coefficient (Wildman–Crippen LogP) is 3.80. The Balaban J connectivity index is 1.43. The van der Waals surface area contributed by atoms with Crippen LogP contribution in [0.15, 0.2) is 84.0 Å². The van der Waals surface area contributed by atoms with Gasteiger partial charge >= 0.3 is 0 Å². The van der Waals surface area contributed by atoms with Crippen LogP contribution in [0.2, 0.25) is 5.02 Å². The van der Waals surface area contributed by atoms with E-state index in [0.29, 0.717) is 22.9 Å². The molecule has 3 aromatic carbocycles. The van der Waals surface area contributed by atoms with Crippen molar-refractivity contribution in [3.63, 3.8) is 0 Å². The van der Waals surface area contributed by atoms with E-state index in [1.165, 1.54) is 6.21 Å². The first-order chi connectivity index (χ1) is 14.6. The molecule has 0 saturated carbocycles. The highest BCUT2D eigenvalue weighted by Gasteiger charge is 2.07. The largest absolute Gasteiger partial charge is 0.484 e. The lowest BCUT2D eigenvalue weighted by molar-refractivity contribution is -0.123. The fourth-order valence-electron chi connectivity index (χ4n) is 2.52. The number of hydrogen-bond donors (Lipinski definition) is 2. The SMILES string of the molecule is O=C(COc1ccc(/C=N\NC(=O)c2ccccc2Cl)cc1)NCc1ccccc1. The lowest BCUT2D eigenvalue weighted by Gasteiger charge is -2.08. The zero-order valence-electron chi connectivity index (χ0n) is 16.0. The second-order valence-electron chi connectivity index (χ2n) is 6.30. The Kier molecular flexibility index (Phi) is 7.58. The number of hydrogen-bond acceptors (Lipinski definition) is 4. The molecule has 0 aromatic heterocycles. The summed E-state index contributed by atoms with van der Waals surface area (Å²) in [5.74, 6) is -0.0350. The number of hydrazone groups is 1. The van der Waals surface area contributed by atoms with E-state index in [1.54, 1.807) is 48.5 Å². The Bertz CT molecular complexity index is 1020. The van der Waals surface area contributed by atoms with Gasteiger partial charge in [0, 0.05) is 6.54 Å². The summed E-state index contributed by atoms with van der Waals surface area (Å²) in [5.41, 5.74) is 4.57. The summed E-state index contributed by atoms with van der Waals surface area (Å²) >= 11 is 5.98. The summed E-state index contributed by atoms with van der Waals surface area (Å²) in [5, 5.41) is 7.09. The predicted molar refractivity (Wildman–Crippen MR) is 117 cm³/mol. The van der Waals surface area contributed by atoms with Crippen molar-refractivity contribution in [3.05, 3.63) is 101 Å². The maximum atomic E-state index is 12.0. The summed E-state index contributed by atoms with van der Waals surface area (Å²) in [7, 11) is 0. The summed E-state index contributed by atoms with van der Waals surface area (Å²) in [6.07, 6.45) is 1.51. The Labute approximate surface area is 179 Å². The van der Waals surface area contributed by atoms with Gasteiger partial charge in [0.25, 0.3) is 11.8 Å². The topological polar surface area (TPSA) is 79.8 Å². The third-order valence-electron chi connectivity index (χ3n) is 4.08. The lowest BCUT2D eigenvalue weighted by atomic mass is 10.2. The molecule has 0 unspecified atom stereocenters. The van der Waals surface area contributed by atoms with E-state index in [9.17, 15) is 9.59 Å². The fraction of sp³-hybridized carbons (Fsp3) is 0.0870. The van der Waals surface area contributed by atoms with Crippen LogP contribution < -0.4 is 15.5 Å². The van der Waals surface area contributed by atoms with Crippen LogP contribution in [0.3, 0.4) is 0 Å². The number of halogens is 1. The Hall–Kier alpha value is -3.64. The van der Waals surface area contributed by atoms with Gasteiger partial charge in [-0.05, 0) is 47.5 Å². The first-order valence-electron chi connectivity index (χ1n) is 9.23. The van der Waals surface area contributed by atoms with Gasteiger partial charge in [0.15, 0.2) is 6.61 Å². The first-order valence-corrected chi connectivity index (χ1v) is 9.61. The van der Waals surface area contributed by atoms with E-state index < -0.39 is 5.91 Å². The van der Waals surface area contributed by atoms with Crippen molar-refractivity contribution in [2.75, 3.05) is 6.61 Å². The van der Waals surface area contributed by atoms with E-state index in [4.69, 9.17) is 16.3 Å². The molecule has 6 nitrogen and oxygen atoms in total. The highest BCUT2D eigenvalue weighted by molar-refractivity contribution is 6.33. The van der Waals surface area contributed by atoms with Gasteiger partial charge in [-0.3, -0.25) is 9.59 Å². The van der Waals surface area contributed by atoms with Crippen molar-refractivity contribution in [3.8, 4) is 5.75 Å². The molecule has 0 heterocycles. The molecule has 0 spiro atoms. The van der Waals surface area contributed by atoms with E-state index in [0.717, 1.165) is 11.1 Å². The summed E-state index contributed by atoms with van der Waals surface area (Å²) in [6.45, 7) is 0.381. The van der Waals surface area contributed by atoms with Crippen LogP contribution in [0.5, 0.6) is 5.75 Å². The highest BCUT2D eigenvalue weighted by atomic mass is 35.5. The van der Waals surface area contributed by atoms with Crippen molar-refractivity contribution in [2.45, 2.75) is 6.54 Å². The Morgan fingerprint density at radius 2 is 1.63 bits per heavy atom. The number of amides is 2. The molecule has 2 N–H and O–H groups in total. The molecule has 0 fully saturated rings. The normalized spacial score (nSPS) is 10.6. The monoisotopic (exact) mass is 421 g/mol. The third kappa shape index (κ3) is 6.46. The molecular formula is C23H20ClN3O3. The van der Waals surface area contributed by atoms with Crippen LogP contribution >= 0.6 is 11.6 Å². The number of carbonyl (C=O) groups excluding carboxylic acids is 2. The number of rotatable bonds is 8. The van der Waals surface area contributed by atoms with Gasteiger partial charge in [0.05, 0.1) is 16.8 Å². The van der Waals surface area contributed by atoms with E-state index in [-0.39, 0.29) is 12.5 Å². The van der Waals surface area contributed by atoms with Crippen LogP contribution in [0.25, 0.3) is 0 Å². The molecule has 2 amide bonds. The van der Waals surface area contributed by atoms with Crippen LogP contribution in [0, 0.1) is 0 Å². The average Bonchev–Trinajstić information content (AvgIpc) is 2.78. The first kappa shape index (κ1) is 21.1. The molecule has 0 aliphatic rings. The zero-order valence-corrected chi connectivity index (χ0v) is 16.8. The minimum absolute atomic E-state index is 0.0752. The van der Waals surface area contributed by atoms with Crippen molar-refractivity contribution >= 4 is 29.6 Å². The Morgan fingerprint density at radius 1 is 0.933 bits per heavy atom. The van der Waals surface area contributed by atoms with Gasteiger partial charge in [-0.1, -0.05) is 54.1 Å². The minimum Gasteiger partial charge on any atom is -0.484 e. The summed E-state index contributed by atoms with van der Waals surface area (Å²) in [6, 6.07) is 23.4. The quantitative estimate of drug-likeness (QED) is 0.429. The maximum absolute atomic E-state index is 12.0. The van der Waals surface area contributed by atoms with E-state index in [2.05, 4.69) is 15.8 Å². The number of nitrogens with zero attached hydrogens (tertiary/aromatic N) is 1. The molecule has 152 valence electrons. The van der Waals surface area contributed by atoms with Crippen LogP contribution in [0.4, 0.5) is 0 Å². The highest BCUT2D eigenvalue weighted by Crippen LogP contribution is 2.14. The van der Waals surface area contributed by atoms with Crippen molar-refractivity contribution < 1.29 is 14.3 Å². The van der Waals surface area contributed by atoms with Gasteiger partial charge in [-0.15, -0.1) is 0 Å². The van der Waals surface area contributed by atoms with Gasteiger partial charge < -0.3 is 10.1 Å². The Morgan fingerprint density at radius 3 is 2.37 bits per heavy atom. The molecule has 0 bridgehead atoms. The maximum Gasteiger partial charge on any atom is 0.272 e. The zero-order chi connectivity index (χ0) is 21.2. The summed E-state index contributed by atoms with van der Waals surface area (Å²) < 4.78 is 5.48. The second-order valence-corrected chi connectivity index (χ2v) is 6.71. The molecule has 0 aliphatic carbocycles. The second kappa shape index (κ2) is 10.8. The molecule has 0 atom stereocenters. The molecule has 0 aliphatic heterocycles. The molecule has 3 aromatic rings. The molecule has 0 saturated heterocycles. The van der Waals surface area contributed by atoms with Crippen LogP contribution in [-0.4, -0.2) is 24.6 Å². The standard InChI is InChI=1S/C23H20ClN3O3/c24-21-9-5-4-8-20(21)23(29)27-26-15-18-10-12-19(13-11-18)30-16-22(28)25-14-17-6-2-1-3-7-17/h1-13,15H,14,16H2,(H,25,28)(H,27,29)/b26-15-. The molecule has 0 radical (unpaired) electrons. The molecular weight excluding hydrogens is 402 g/mol. The van der Waals surface area contributed by atoms with Crippen LogP contribution in [0.1, 0.15) is 21.5 Å². The molecule has 30 heavy (non-hydrogen) atoms. The van der Waals surface area contributed by atoms with Gasteiger partial charge in [-0.2, -0.15) is 5.10 Å². The smallest absolute Gasteiger partial charge is 0.272 e. The van der Waals surface area contributed by atoms with Crippen molar-refractivity contribution in [1.29, 1.82) is 0 Å². The van der Waals surface area contributed by atoms with Crippen LogP contribution in [-0.2, 0) is 11.3 Å². The minimum atomic E-state index is -0.390.